The largest absolute Gasteiger partial charge is 0.497 e. The van der Waals surface area contributed by atoms with Gasteiger partial charge in [-0.3, -0.25) is 13.9 Å². The van der Waals surface area contributed by atoms with Crippen molar-refractivity contribution in [2.24, 2.45) is 0 Å². The second kappa shape index (κ2) is 15.0. The molecule has 4 aromatic carbocycles. The van der Waals surface area contributed by atoms with Crippen molar-refractivity contribution in [2.45, 2.75) is 56.1 Å². The van der Waals surface area contributed by atoms with E-state index >= 15 is 0 Å². The van der Waals surface area contributed by atoms with Crippen LogP contribution in [-0.4, -0.2) is 50.9 Å². The molecule has 0 saturated heterocycles. The molecule has 46 heavy (non-hydrogen) atoms. The summed E-state index contributed by atoms with van der Waals surface area (Å²) in [4.78, 5) is 29.2. The summed E-state index contributed by atoms with van der Waals surface area (Å²) in [5.41, 5.74) is 1.02. The number of rotatable bonds is 13. The quantitative estimate of drug-likeness (QED) is 0.188. The normalized spacial score (nSPS) is 13.9. The van der Waals surface area contributed by atoms with Crippen LogP contribution < -0.4 is 19.1 Å². The Bertz CT molecular complexity index is 1710. The Labute approximate surface area is 270 Å². The molecule has 10 heteroatoms. The average Bonchev–Trinajstić information content (AvgIpc) is 3.60. The van der Waals surface area contributed by atoms with Gasteiger partial charge in [0.1, 0.15) is 29.8 Å². The highest BCUT2D eigenvalue weighted by Crippen LogP contribution is 2.29. The van der Waals surface area contributed by atoms with Crippen LogP contribution in [0.4, 0.5) is 5.69 Å². The fourth-order valence-electron chi connectivity index (χ4n) is 5.50. The van der Waals surface area contributed by atoms with Gasteiger partial charge in [0.25, 0.3) is 10.0 Å². The summed E-state index contributed by atoms with van der Waals surface area (Å²) in [7, 11) is -2.62. The Morgan fingerprint density at radius 3 is 2.09 bits per heavy atom. The summed E-state index contributed by atoms with van der Waals surface area (Å²) in [5.74, 6) is 0.954. The number of hydrogen-bond donors (Lipinski definition) is 1. The molecule has 1 saturated carbocycles. The van der Waals surface area contributed by atoms with Crippen LogP contribution in [0.25, 0.3) is 0 Å². The number of benzene rings is 4. The monoisotopic (exact) mass is 641 g/mol. The van der Waals surface area contributed by atoms with Crippen molar-refractivity contribution in [2.75, 3.05) is 18.0 Å². The molecule has 1 N–H and O–H groups in total. The lowest BCUT2D eigenvalue weighted by molar-refractivity contribution is -0.139. The summed E-state index contributed by atoms with van der Waals surface area (Å²) in [6.07, 6.45) is 3.89. The number of ether oxygens (including phenoxy) is 2. The third-order valence-corrected chi connectivity index (χ3v) is 9.86. The number of amides is 2. The number of methoxy groups -OCH3 is 1. The van der Waals surface area contributed by atoms with E-state index in [0.717, 1.165) is 35.6 Å². The number of nitrogens with one attached hydrogen (secondary N) is 1. The van der Waals surface area contributed by atoms with Crippen molar-refractivity contribution in [3.8, 4) is 17.2 Å². The van der Waals surface area contributed by atoms with Gasteiger partial charge in [0.2, 0.25) is 11.8 Å². The van der Waals surface area contributed by atoms with Gasteiger partial charge < -0.3 is 19.7 Å². The molecular weight excluding hydrogens is 602 g/mol. The first kappa shape index (κ1) is 32.6. The lowest BCUT2D eigenvalue weighted by Gasteiger charge is -2.32. The van der Waals surface area contributed by atoms with Crippen LogP contribution in [0.15, 0.2) is 114 Å². The zero-order valence-electron chi connectivity index (χ0n) is 26.0. The average molecular weight is 642 g/mol. The molecule has 0 aromatic heterocycles. The molecule has 5 rings (SSSR count). The van der Waals surface area contributed by atoms with Gasteiger partial charge in [0.15, 0.2) is 0 Å². The van der Waals surface area contributed by atoms with Crippen molar-refractivity contribution >= 4 is 27.5 Å². The molecule has 1 atom stereocenters. The summed E-state index contributed by atoms with van der Waals surface area (Å²) in [5, 5.41) is 3.09. The van der Waals surface area contributed by atoms with Crippen LogP contribution in [0.3, 0.4) is 0 Å². The van der Waals surface area contributed by atoms with E-state index in [4.69, 9.17) is 9.47 Å². The Hall–Kier alpha value is -4.83. The van der Waals surface area contributed by atoms with Gasteiger partial charge in [-0.2, -0.15) is 0 Å². The van der Waals surface area contributed by atoms with E-state index in [2.05, 4.69) is 5.32 Å². The molecule has 1 aliphatic carbocycles. The van der Waals surface area contributed by atoms with Gasteiger partial charge >= 0.3 is 0 Å². The smallest absolute Gasteiger partial charge is 0.264 e. The zero-order chi connectivity index (χ0) is 32.5. The van der Waals surface area contributed by atoms with E-state index in [0.29, 0.717) is 17.2 Å². The lowest BCUT2D eigenvalue weighted by Crippen LogP contribution is -2.52. The minimum absolute atomic E-state index is 0.0405. The Morgan fingerprint density at radius 1 is 0.826 bits per heavy atom. The summed E-state index contributed by atoms with van der Waals surface area (Å²) in [6, 6.07) is 30.2. The predicted octanol–water partition coefficient (Wildman–Crippen LogP) is 6.16. The zero-order valence-corrected chi connectivity index (χ0v) is 26.9. The van der Waals surface area contributed by atoms with Crippen molar-refractivity contribution < 1.29 is 27.5 Å². The summed E-state index contributed by atoms with van der Waals surface area (Å²) >= 11 is 0. The van der Waals surface area contributed by atoms with Crippen molar-refractivity contribution in [1.29, 1.82) is 0 Å². The maximum absolute atomic E-state index is 14.2. The van der Waals surface area contributed by atoms with Gasteiger partial charge in [-0.05, 0) is 86.0 Å². The molecule has 4 aromatic rings. The molecule has 240 valence electrons. The molecule has 0 heterocycles. The van der Waals surface area contributed by atoms with E-state index in [1.807, 2.05) is 42.5 Å². The van der Waals surface area contributed by atoms with Crippen LogP contribution in [0, 0.1) is 0 Å². The maximum Gasteiger partial charge on any atom is 0.264 e. The second-order valence-corrected chi connectivity index (χ2v) is 13.1. The molecule has 1 aliphatic rings. The number of carbonyl (C=O) groups is 2. The van der Waals surface area contributed by atoms with Crippen LogP contribution in [-0.2, 0) is 26.2 Å². The molecule has 2 amide bonds. The van der Waals surface area contributed by atoms with Gasteiger partial charge in [0.05, 0.1) is 17.7 Å². The number of para-hydroxylation sites is 1. The molecule has 0 bridgehead atoms. The molecule has 1 fully saturated rings. The van der Waals surface area contributed by atoms with Gasteiger partial charge in [-0.1, -0.05) is 61.4 Å². The molecular formula is C36H39N3O6S. The van der Waals surface area contributed by atoms with Crippen LogP contribution in [0.2, 0.25) is 0 Å². The fraction of sp³-hybridized carbons (Fsp3) is 0.278. The van der Waals surface area contributed by atoms with Gasteiger partial charge in [-0.15, -0.1) is 0 Å². The van der Waals surface area contributed by atoms with Gasteiger partial charge in [0, 0.05) is 12.6 Å². The molecule has 0 unspecified atom stereocenters. The van der Waals surface area contributed by atoms with Gasteiger partial charge in [-0.25, -0.2) is 8.42 Å². The third kappa shape index (κ3) is 8.06. The van der Waals surface area contributed by atoms with E-state index in [9.17, 15) is 18.0 Å². The first-order valence-electron chi connectivity index (χ1n) is 15.4. The molecule has 0 aliphatic heterocycles. The highest BCUT2D eigenvalue weighted by molar-refractivity contribution is 7.92. The standard InChI is InChI=1S/C36H39N3O6S/c1-27(36(41)37-29-13-9-10-14-29)38(25-28-12-11-17-33(24-28)44-2)35(40)26-39(46(42,43)34-18-7-4-8-19-34)30-20-22-32(23-21-30)45-31-15-5-3-6-16-31/h3-8,11-12,15-24,27,29H,9-10,13-14,25-26H2,1-2H3,(H,37,41)/t27-/m1/s1. The highest BCUT2D eigenvalue weighted by Gasteiger charge is 2.33. The van der Waals surface area contributed by atoms with Crippen LogP contribution in [0.5, 0.6) is 17.2 Å². The van der Waals surface area contributed by atoms with Crippen LogP contribution in [0.1, 0.15) is 38.2 Å². The first-order chi connectivity index (χ1) is 22.2. The number of hydrogen-bond acceptors (Lipinski definition) is 6. The summed E-state index contributed by atoms with van der Waals surface area (Å²) in [6.45, 7) is 1.23. The number of anilines is 1. The Kier molecular flexibility index (Phi) is 10.6. The second-order valence-electron chi connectivity index (χ2n) is 11.3. The van der Waals surface area contributed by atoms with Crippen molar-refractivity contribution in [3.63, 3.8) is 0 Å². The fourth-order valence-corrected chi connectivity index (χ4v) is 6.93. The first-order valence-corrected chi connectivity index (χ1v) is 16.8. The lowest BCUT2D eigenvalue weighted by atomic mass is 10.1. The third-order valence-electron chi connectivity index (χ3n) is 8.07. The van der Waals surface area contributed by atoms with Crippen LogP contribution >= 0.6 is 0 Å². The summed E-state index contributed by atoms with van der Waals surface area (Å²) < 4.78 is 40.5. The number of sulfonamides is 1. The van der Waals surface area contributed by atoms with E-state index in [-0.39, 0.29) is 29.1 Å². The predicted molar refractivity (Wildman–Crippen MR) is 177 cm³/mol. The highest BCUT2D eigenvalue weighted by atomic mass is 32.2. The Morgan fingerprint density at radius 2 is 1.43 bits per heavy atom. The van der Waals surface area contributed by atoms with Crippen molar-refractivity contribution in [3.05, 3.63) is 115 Å². The topological polar surface area (TPSA) is 105 Å². The number of nitrogens with zero attached hydrogens (tertiary/aromatic N) is 2. The minimum atomic E-state index is -4.18. The number of carbonyl (C=O) groups excluding carboxylic acids is 2. The maximum atomic E-state index is 14.2. The molecule has 9 nitrogen and oxygen atoms in total. The van der Waals surface area contributed by atoms with E-state index in [1.165, 1.54) is 17.0 Å². The Balaban J connectivity index is 1.46. The van der Waals surface area contributed by atoms with E-state index < -0.39 is 28.5 Å². The molecule has 0 spiro atoms. The molecule has 0 radical (unpaired) electrons. The van der Waals surface area contributed by atoms with E-state index in [1.54, 1.807) is 68.6 Å². The SMILES string of the molecule is COc1cccc(CN(C(=O)CN(c2ccc(Oc3ccccc3)cc2)S(=O)(=O)c2ccccc2)[C@H](C)C(=O)NC2CCCC2)c1. The van der Waals surface area contributed by atoms with Crippen molar-refractivity contribution in [1.82, 2.24) is 10.2 Å². The minimum Gasteiger partial charge on any atom is -0.497 e.